The molecule has 4 heteroatoms. The second-order valence-corrected chi connectivity index (χ2v) is 5.43. The molecule has 0 saturated heterocycles. The van der Waals surface area contributed by atoms with Crippen LogP contribution in [0, 0.1) is 5.41 Å². The van der Waals surface area contributed by atoms with Crippen LogP contribution in [-0.4, -0.2) is 19.8 Å². The predicted octanol–water partition coefficient (Wildman–Crippen LogP) is 2.39. The third-order valence-electron chi connectivity index (χ3n) is 3.52. The van der Waals surface area contributed by atoms with Gasteiger partial charge in [0, 0.05) is 5.41 Å². The molecule has 0 radical (unpaired) electrons. The summed E-state index contributed by atoms with van der Waals surface area (Å²) in [5.41, 5.74) is 6.91. The molecule has 1 aliphatic carbocycles. The summed E-state index contributed by atoms with van der Waals surface area (Å²) in [4.78, 5) is 0. The van der Waals surface area contributed by atoms with E-state index in [4.69, 9.17) is 26.8 Å². The van der Waals surface area contributed by atoms with Crippen LogP contribution >= 0.6 is 11.6 Å². The molecule has 1 saturated carbocycles. The Morgan fingerprint density at radius 2 is 2.00 bits per heavy atom. The maximum atomic E-state index is 6.22. The highest BCUT2D eigenvalue weighted by Gasteiger charge is 2.46. The molecule has 1 aromatic rings. The monoisotopic (exact) mass is 253 g/mol. The van der Waals surface area contributed by atoms with Gasteiger partial charge in [0.2, 0.25) is 0 Å². The number of ether oxygens (including phenoxy) is 2. The van der Waals surface area contributed by atoms with Crippen LogP contribution < -0.4 is 15.2 Å². The molecule has 1 aliphatic heterocycles. The highest BCUT2D eigenvalue weighted by atomic mass is 35.5. The molecule has 1 aromatic carbocycles. The van der Waals surface area contributed by atoms with E-state index < -0.39 is 0 Å². The van der Waals surface area contributed by atoms with Gasteiger partial charge in [-0.05, 0) is 43.5 Å². The quantitative estimate of drug-likeness (QED) is 0.880. The standard InChI is InChI=1S/C13H16ClNO2/c14-10-5-9(1-4-15)6-11-12(10)17-8-13(2-3-13)7-16-11/h5-6H,1-4,7-8,15H2. The molecule has 0 amide bonds. The van der Waals surface area contributed by atoms with Crippen molar-refractivity contribution in [3.63, 3.8) is 0 Å². The molecule has 92 valence electrons. The van der Waals surface area contributed by atoms with Crippen LogP contribution in [-0.2, 0) is 6.42 Å². The van der Waals surface area contributed by atoms with Gasteiger partial charge in [0.25, 0.3) is 0 Å². The van der Waals surface area contributed by atoms with E-state index in [1.807, 2.05) is 12.1 Å². The van der Waals surface area contributed by atoms with Crippen LogP contribution in [0.1, 0.15) is 18.4 Å². The van der Waals surface area contributed by atoms with Crippen LogP contribution in [0.5, 0.6) is 11.5 Å². The van der Waals surface area contributed by atoms with Gasteiger partial charge in [-0.2, -0.15) is 0 Å². The molecule has 3 nitrogen and oxygen atoms in total. The van der Waals surface area contributed by atoms with Gasteiger partial charge in [0.15, 0.2) is 11.5 Å². The lowest BCUT2D eigenvalue weighted by Gasteiger charge is -2.10. The second kappa shape index (κ2) is 4.07. The van der Waals surface area contributed by atoms with Gasteiger partial charge in [-0.25, -0.2) is 0 Å². The molecular formula is C13H16ClNO2. The number of hydrogen-bond donors (Lipinski definition) is 1. The van der Waals surface area contributed by atoms with Crippen LogP contribution in [0.4, 0.5) is 0 Å². The van der Waals surface area contributed by atoms with Crippen molar-refractivity contribution in [2.75, 3.05) is 19.8 Å². The van der Waals surface area contributed by atoms with Gasteiger partial charge < -0.3 is 15.2 Å². The Kier molecular flexibility index (Phi) is 2.68. The first-order valence-electron chi connectivity index (χ1n) is 6.01. The van der Waals surface area contributed by atoms with Gasteiger partial charge in [-0.15, -0.1) is 0 Å². The van der Waals surface area contributed by atoms with E-state index >= 15 is 0 Å². The molecule has 0 unspecified atom stereocenters. The van der Waals surface area contributed by atoms with Crippen LogP contribution in [0.15, 0.2) is 12.1 Å². The molecule has 3 rings (SSSR count). The van der Waals surface area contributed by atoms with Gasteiger partial charge in [0.05, 0.1) is 18.2 Å². The zero-order valence-electron chi connectivity index (χ0n) is 9.67. The van der Waals surface area contributed by atoms with Crippen molar-refractivity contribution in [1.29, 1.82) is 0 Å². The normalized spacial score (nSPS) is 20.1. The molecule has 1 heterocycles. The predicted molar refractivity (Wildman–Crippen MR) is 66.9 cm³/mol. The Hall–Kier alpha value is -0.930. The van der Waals surface area contributed by atoms with Crippen LogP contribution in [0.2, 0.25) is 5.02 Å². The molecule has 1 fully saturated rings. The third-order valence-corrected chi connectivity index (χ3v) is 3.80. The number of hydrogen-bond acceptors (Lipinski definition) is 3. The average Bonchev–Trinajstić information content (AvgIpc) is 3.08. The minimum absolute atomic E-state index is 0.246. The Morgan fingerprint density at radius 3 is 2.71 bits per heavy atom. The number of fused-ring (bicyclic) bond motifs is 1. The highest BCUT2D eigenvalue weighted by Crippen LogP contribution is 2.50. The maximum absolute atomic E-state index is 6.22. The van der Waals surface area contributed by atoms with Crippen molar-refractivity contribution >= 4 is 11.6 Å². The first kappa shape index (κ1) is 11.2. The smallest absolute Gasteiger partial charge is 0.179 e. The maximum Gasteiger partial charge on any atom is 0.179 e. The average molecular weight is 254 g/mol. The summed E-state index contributed by atoms with van der Waals surface area (Å²) in [6.45, 7) is 2.07. The lowest BCUT2D eigenvalue weighted by atomic mass is 10.1. The van der Waals surface area contributed by atoms with Gasteiger partial charge in [0.1, 0.15) is 0 Å². The number of halogens is 1. The third kappa shape index (κ3) is 2.09. The lowest BCUT2D eigenvalue weighted by Crippen LogP contribution is -2.17. The van der Waals surface area contributed by atoms with Crippen molar-refractivity contribution in [3.05, 3.63) is 22.7 Å². The van der Waals surface area contributed by atoms with E-state index in [-0.39, 0.29) is 5.41 Å². The Morgan fingerprint density at radius 1 is 1.24 bits per heavy atom. The molecule has 17 heavy (non-hydrogen) atoms. The van der Waals surface area contributed by atoms with Crippen molar-refractivity contribution < 1.29 is 9.47 Å². The molecule has 0 bridgehead atoms. The molecule has 2 N–H and O–H groups in total. The summed E-state index contributed by atoms with van der Waals surface area (Å²) in [6, 6.07) is 3.91. The fraction of sp³-hybridized carbons (Fsp3) is 0.538. The summed E-state index contributed by atoms with van der Waals surface area (Å²) >= 11 is 6.22. The number of rotatable bonds is 2. The lowest BCUT2D eigenvalue weighted by molar-refractivity contribution is 0.197. The molecule has 0 atom stereocenters. The number of nitrogens with two attached hydrogens (primary N) is 1. The van der Waals surface area contributed by atoms with E-state index in [0.717, 1.165) is 30.9 Å². The zero-order chi connectivity index (χ0) is 11.9. The number of benzene rings is 1. The summed E-state index contributed by atoms with van der Waals surface area (Å²) < 4.78 is 11.6. The van der Waals surface area contributed by atoms with Crippen LogP contribution in [0.25, 0.3) is 0 Å². The Bertz CT molecular complexity index is 443. The van der Waals surface area contributed by atoms with Crippen molar-refractivity contribution in [2.45, 2.75) is 19.3 Å². The van der Waals surface area contributed by atoms with E-state index in [2.05, 4.69) is 0 Å². The minimum atomic E-state index is 0.246. The minimum Gasteiger partial charge on any atom is -0.489 e. The summed E-state index contributed by atoms with van der Waals surface area (Å²) in [5.74, 6) is 1.46. The fourth-order valence-electron chi connectivity index (χ4n) is 2.14. The Balaban J connectivity index is 1.91. The van der Waals surface area contributed by atoms with Crippen molar-refractivity contribution in [1.82, 2.24) is 0 Å². The van der Waals surface area contributed by atoms with Crippen molar-refractivity contribution in [2.24, 2.45) is 11.1 Å². The second-order valence-electron chi connectivity index (χ2n) is 5.02. The summed E-state index contributed by atoms with van der Waals surface area (Å²) in [6.07, 6.45) is 3.18. The molecule has 0 aromatic heterocycles. The van der Waals surface area contributed by atoms with Gasteiger partial charge in [-0.1, -0.05) is 11.6 Å². The highest BCUT2D eigenvalue weighted by molar-refractivity contribution is 6.32. The summed E-state index contributed by atoms with van der Waals surface area (Å²) in [7, 11) is 0. The molecular weight excluding hydrogens is 238 g/mol. The largest absolute Gasteiger partial charge is 0.489 e. The van der Waals surface area contributed by atoms with E-state index in [9.17, 15) is 0 Å². The molecule has 2 aliphatic rings. The SMILES string of the molecule is NCCc1cc(Cl)c2c(c1)OCC1(CC1)CO2. The van der Waals surface area contributed by atoms with E-state index in [0.29, 0.717) is 17.3 Å². The van der Waals surface area contributed by atoms with E-state index in [1.54, 1.807) is 0 Å². The van der Waals surface area contributed by atoms with Crippen molar-refractivity contribution in [3.8, 4) is 11.5 Å². The zero-order valence-corrected chi connectivity index (χ0v) is 10.4. The Labute approximate surface area is 106 Å². The van der Waals surface area contributed by atoms with Gasteiger partial charge in [-0.3, -0.25) is 0 Å². The fourth-order valence-corrected chi connectivity index (χ4v) is 2.43. The first-order valence-corrected chi connectivity index (χ1v) is 6.38. The van der Waals surface area contributed by atoms with Crippen LogP contribution in [0.3, 0.4) is 0 Å². The van der Waals surface area contributed by atoms with E-state index in [1.165, 1.54) is 12.8 Å². The topological polar surface area (TPSA) is 44.5 Å². The summed E-state index contributed by atoms with van der Waals surface area (Å²) in [5, 5.41) is 0.628. The first-order chi connectivity index (χ1) is 8.22. The van der Waals surface area contributed by atoms with Gasteiger partial charge >= 0.3 is 0 Å². The molecule has 1 spiro atoms.